The molecule has 1 fully saturated rings. The van der Waals surface area contributed by atoms with Crippen LogP contribution >= 0.6 is 12.4 Å². The minimum Gasteiger partial charge on any atom is -0.339 e. The highest BCUT2D eigenvalue weighted by molar-refractivity contribution is 5.94. The lowest BCUT2D eigenvalue weighted by Gasteiger charge is -2.40. The molecule has 2 rings (SSSR count). The fourth-order valence-corrected chi connectivity index (χ4v) is 3.34. The maximum atomic E-state index is 12.8. The zero-order chi connectivity index (χ0) is 18.4. The number of rotatable bonds is 6. The topological polar surface area (TPSA) is 66.6 Å². The lowest BCUT2D eigenvalue weighted by atomic mass is 9.97. The maximum Gasteiger partial charge on any atom is 0.253 e. The third kappa shape index (κ3) is 5.45. The second-order valence-electron chi connectivity index (χ2n) is 7.07. The first-order valence-electron chi connectivity index (χ1n) is 9.36. The van der Waals surface area contributed by atoms with E-state index in [-0.39, 0.29) is 42.2 Å². The molecule has 5 nitrogen and oxygen atoms in total. The van der Waals surface area contributed by atoms with Crippen molar-refractivity contribution in [2.24, 2.45) is 11.7 Å². The molecule has 0 aromatic heterocycles. The summed E-state index contributed by atoms with van der Waals surface area (Å²) in [6, 6.07) is 9.45. The van der Waals surface area contributed by atoms with Crippen LogP contribution in [0.3, 0.4) is 0 Å². The number of nitrogens with two attached hydrogens (primary N) is 1. The molecule has 1 saturated heterocycles. The molecule has 0 saturated carbocycles. The Hall–Kier alpha value is -1.59. The van der Waals surface area contributed by atoms with Gasteiger partial charge in [-0.3, -0.25) is 9.59 Å². The summed E-state index contributed by atoms with van der Waals surface area (Å²) >= 11 is 0. The summed E-state index contributed by atoms with van der Waals surface area (Å²) in [4.78, 5) is 29.2. The van der Waals surface area contributed by atoms with E-state index in [9.17, 15) is 9.59 Å². The molecular weight excluding hydrogens is 350 g/mol. The summed E-state index contributed by atoms with van der Waals surface area (Å²) in [6.07, 6.45) is 2.59. The van der Waals surface area contributed by atoms with Crippen LogP contribution in [0.15, 0.2) is 30.3 Å². The third-order valence-corrected chi connectivity index (χ3v) is 5.14. The van der Waals surface area contributed by atoms with Gasteiger partial charge in [0.15, 0.2) is 0 Å². The van der Waals surface area contributed by atoms with E-state index in [4.69, 9.17) is 5.73 Å². The normalized spacial score (nSPS) is 17.2. The van der Waals surface area contributed by atoms with Crippen LogP contribution in [0.25, 0.3) is 0 Å². The Labute approximate surface area is 163 Å². The van der Waals surface area contributed by atoms with Crippen LogP contribution in [0.2, 0.25) is 0 Å². The van der Waals surface area contributed by atoms with Gasteiger partial charge in [-0.25, -0.2) is 0 Å². The summed E-state index contributed by atoms with van der Waals surface area (Å²) in [6.45, 7) is 8.02. The van der Waals surface area contributed by atoms with Gasteiger partial charge in [-0.1, -0.05) is 32.0 Å². The van der Waals surface area contributed by atoms with Gasteiger partial charge >= 0.3 is 0 Å². The summed E-state index contributed by atoms with van der Waals surface area (Å²) < 4.78 is 0. The van der Waals surface area contributed by atoms with Crippen LogP contribution in [0.5, 0.6) is 0 Å². The molecule has 2 unspecified atom stereocenters. The molecule has 1 aromatic rings. The van der Waals surface area contributed by atoms with Crippen LogP contribution in [0.4, 0.5) is 0 Å². The van der Waals surface area contributed by atoms with Gasteiger partial charge in [0.1, 0.15) is 0 Å². The summed E-state index contributed by atoms with van der Waals surface area (Å²) in [5.74, 6) is 0.0524. The van der Waals surface area contributed by atoms with E-state index >= 15 is 0 Å². The highest BCUT2D eigenvalue weighted by atomic mass is 35.5. The lowest BCUT2D eigenvalue weighted by Crippen LogP contribution is -2.51. The van der Waals surface area contributed by atoms with Crippen LogP contribution in [-0.4, -0.2) is 53.3 Å². The molecule has 0 radical (unpaired) electrons. The van der Waals surface area contributed by atoms with Crippen molar-refractivity contribution < 1.29 is 9.59 Å². The van der Waals surface area contributed by atoms with Crippen LogP contribution in [0, 0.1) is 5.92 Å². The quantitative estimate of drug-likeness (QED) is 0.823. The van der Waals surface area contributed by atoms with Crippen molar-refractivity contribution in [3.05, 3.63) is 35.9 Å². The summed E-state index contributed by atoms with van der Waals surface area (Å²) in [7, 11) is 0. The molecule has 1 aliphatic heterocycles. The number of halogens is 1. The first-order chi connectivity index (χ1) is 12.0. The average Bonchev–Trinajstić information content (AvgIpc) is 2.65. The smallest absolute Gasteiger partial charge is 0.253 e. The molecule has 1 aromatic carbocycles. The molecule has 1 heterocycles. The molecule has 26 heavy (non-hydrogen) atoms. The number of hydrogen-bond donors (Lipinski definition) is 1. The molecule has 6 heteroatoms. The molecule has 0 spiro atoms. The number of amides is 2. The minimum absolute atomic E-state index is 0. The number of nitrogens with zero attached hydrogens (tertiary/aromatic N) is 2. The molecular formula is C20H32ClN3O2. The number of benzene rings is 1. The van der Waals surface area contributed by atoms with E-state index in [1.54, 1.807) is 0 Å². The van der Waals surface area contributed by atoms with Crippen molar-refractivity contribution in [3.8, 4) is 0 Å². The average molecular weight is 382 g/mol. The standard InChI is InChI=1S/C20H31N3O2.ClH/c1-4-12-23(19(24)15(2)16(3)21)18-10-13-22(14-11-18)20(25)17-8-6-5-7-9-17;/h5-9,15-16,18H,4,10-14,21H2,1-3H3;1H. The zero-order valence-corrected chi connectivity index (χ0v) is 16.9. The Bertz CT molecular complexity index is 572. The molecule has 1 aliphatic rings. The van der Waals surface area contributed by atoms with E-state index in [0.717, 1.165) is 31.4 Å². The fraction of sp³-hybridized carbons (Fsp3) is 0.600. The van der Waals surface area contributed by atoms with E-state index < -0.39 is 0 Å². The van der Waals surface area contributed by atoms with E-state index in [1.165, 1.54) is 0 Å². The fourth-order valence-electron chi connectivity index (χ4n) is 3.34. The predicted octanol–water partition coefficient (Wildman–Crippen LogP) is 2.93. The van der Waals surface area contributed by atoms with Crippen LogP contribution < -0.4 is 5.73 Å². The maximum absolute atomic E-state index is 12.8. The Morgan fingerprint density at radius 3 is 2.27 bits per heavy atom. The molecule has 146 valence electrons. The first-order valence-corrected chi connectivity index (χ1v) is 9.36. The first kappa shape index (κ1) is 22.5. The van der Waals surface area contributed by atoms with Crippen LogP contribution in [0.1, 0.15) is 50.4 Å². The molecule has 0 bridgehead atoms. The highest BCUT2D eigenvalue weighted by Gasteiger charge is 2.32. The van der Waals surface area contributed by atoms with Crippen molar-refractivity contribution in [1.82, 2.24) is 9.80 Å². The van der Waals surface area contributed by atoms with Crippen molar-refractivity contribution in [2.75, 3.05) is 19.6 Å². The van der Waals surface area contributed by atoms with Crippen molar-refractivity contribution in [2.45, 2.75) is 52.1 Å². The van der Waals surface area contributed by atoms with E-state index in [2.05, 4.69) is 6.92 Å². The molecule has 0 aliphatic carbocycles. The van der Waals surface area contributed by atoms with Gasteiger partial charge in [0, 0.05) is 37.3 Å². The lowest BCUT2D eigenvalue weighted by molar-refractivity contribution is -0.138. The van der Waals surface area contributed by atoms with Crippen molar-refractivity contribution in [1.29, 1.82) is 0 Å². The van der Waals surface area contributed by atoms with Gasteiger partial charge in [-0.05, 0) is 38.3 Å². The molecule has 2 N–H and O–H groups in total. The van der Waals surface area contributed by atoms with Crippen molar-refractivity contribution >= 4 is 24.2 Å². The van der Waals surface area contributed by atoms with Gasteiger partial charge in [0.2, 0.25) is 5.91 Å². The van der Waals surface area contributed by atoms with E-state index in [1.807, 2.05) is 54.0 Å². The molecule has 2 atom stereocenters. The predicted molar refractivity (Wildman–Crippen MR) is 107 cm³/mol. The molecule has 2 amide bonds. The van der Waals surface area contributed by atoms with Gasteiger partial charge in [0.05, 0.1) is 5.92 Å². The highest BCUT2D eigenvalue weighted by Crippen LogP contribution is 2.21. The largest absolute Gasteiger partial charge is 0.339 e. The Kier molecular flexibility index (Phi) is 9.09. The second-order valence-corrected chi connectivity index (χ2v) is 7.07. The van der Waals surface area contributed by atoms with Crippen LogP contribution in [-0.2, 0) is 4.79 Å². The number of carbonyl (C=O) groups excluding carboxylic acids is 2. The van der Waals surface area contributed by atoms with Gasteiger partial charge in [0.25, 0.3) is 5.91 Å². The Balaban J connectivity index is 0.00000338. The monoisotopic (exact) mass is 381 g/mol. The SMILES string of the molecule is CCCN(C(=O)C(C)C(C)N)C1CCN(C(=O)c2ccccc2)CC1.Cl. The summed E-state index contributed by atoms with van der Waals surface area (Å²) in [5.41, 5.74) is 6.66. The van der Waals surface area contributed by atoms with Gasteiger partial charge in [-0.15, -0.1) is 12.4 Å². The van der Waals surface area contributed by atoms with Crippen molar-refractivity contribution in [3.63, 3.8) is 0 Å². The summed E-state index contributed by atoms with van der Waals surface area (Å²) in [5, 5.41) is 0. The third-order valence-electron chi connectivity index (χ3n) is 5.14. The second kappa shape index (κ2) is 10.5. The number of piperidine rings is 1. The Morgan fingerprint density at radius 2 is 1.77 bits per heavy atom. The number of carbonyl (C=O) groups is 2. The number of hydrogen-bond acceptors (Lipinski definition) is 3. The Morgan fingerprint density at radius 1 is 1.19 bits per heavy atom. The number of likely N-dealkylation sites (tertiary alicyclic amines) is 1. The minimum atomic E-state index is -0.171. The van der Waals surface area contributed by atoms with E-state index in [0.29, 0.717) is 13.1 Å². The van der Waals surface area contributed by atoms with Gasteiger partial charge < -0.3 is 15.5 Å². The zero-order valence-electron chi connectivity index (χ0n) is 16.1. The van der Waals surface area contributed by atoms with Gasteiger partial charge in [-0.2, -0.15) is 0 Å².